The fourth-order valence-corrected chi connectivity index (χ4v) is 2.57. The number of amides is 1. The Morgan fingerprint density at radius 3 is 2.48 bits per heavy atom. The van der Waals surface area contributed by atoms with Crippen LogP contribution in [0.25, 0.3) is 0 Å². The third-order valence-electron chi connectivity index (χ3n) is 3.85. The van der Waals surface area contributed by atoms with Gasteiger partial charge in [-0.25, -0.2) is 0 Å². The molecule has 0 saturated heterocycles. The van der Waals surface area contributed by atoms with Gasteiger partial charge in [-0.15, -0.1) is 0 Å². The van der Waals surface area contributed by atoms with Crippen LogP contribution in [0, 0.1) is 0 Å². The van der Waals surface area contributed by atoms with Gasteiger partial charge in [0.2, 0.25) is 5.91 Å². The van der Waals surface area contributed by atoms with E-state index in [2.05, 4.69) is 31.0 Å². The zero-order valence-corrected chi connectivity index (χ0v) is 14.0. The second-order valence-corrected chi connectivity index (χ2v) is 5.60. The van der Waals surface area contributed by atoms with Gasteiger partial charge in [0.05, 0.1) is 11.7 Å². The number of anilines is 1. The molecule has 0 fully saturated rings. The first kappa shape index (κ1) is 17.6. The number of hydrogen-bond donors (Lipinski definition) is 2. The highest BCUT2D eigenvalue weighted by Crippen LogP contribution is 2.17. The lowest BCUT2D eigenvalue weighted by Crippen LogP contribution is -2.46. The molecule has 0 heterocycles. The number of carbonyl (C=O) groups excluding carboxylic acids is 1. The van der Waals surface area contributed by atoms with E-state index < -0.39 is 0 Å². The Morgan fingerprint density at radius 1 is 1.33 bits per heavy atom. The van der Waals surface area contributed by atoms with E-state index in [0.29, 0.717) is 17.3 Å². The van der Waals surface area contributed by atoms with E-state index in [0.717, 1.165) is 13.0 Å². The topological polar surface area (TPSA) is 58.4 Å². The van der Waals surface area contributed by atoms with Gasteiger partial charge < -0.3 is 11.1 Å². The number of nitrogens with two attached hydrogens (primary N) is 1. The molecular weight excluding hydrogens is 282 g/mol. The van der Waals surface area contributed by atoms with Crippen molar-refractivity contribution in [2.45, 2.75) is 46.2 Å². The largest absolute Gasteiger partial charge is 0.389 e. The summed E-state index contributed by atoms with van der Waals surface area (Å²) in [5.74, 6) is -0.0409. The smallest absolute Gasteiger partial charge is 0.241 e. The van der Waals surface area contributed by atoms with Crippen molar-refractivity contribution in [1.29, 1.82) is 0 Å². The van der Waals surface area contributed by atoms with Gasteiger partial charge in [0.25, 0.3) is 0 Å². The fourth-order valence-electron chi connectivity index (χ4n) is 2.40. The predicted molar refractivity (Wildman–Crippen MR) is 92.6 cm³/mol. The standard InChI is InChI=1S/C16H25N3OS/c1-5-11(3)19(6-2)12(4)16(20)18-14-10-8-7-9-13(14)15(17)21/h7-12H,5-6H2,1-4H3,(H2,17,21)(H,18,20). The molecule has 0 bridgehead atoms. The number of benzene rings is 1. The maximum atomic E-state index is 12.5. The van der Waals surface area contributed by atoms with Crippen molar-refractivity contribution < 1.29 is 4.79 Å². The van der Waals surface area contributed by atoms with Gasteiger partial charge in [0.15, 0.2) is 0 Å². The van der Waals surface area contributed by atoms with Crippen LogP contribution < -0.4 is 11.1 Å². The Labute approximate surface area is 132 Å². The molecule has 21 heavy (non-hydrogen) atoms. The molecule has 3 N–H and O–H groups in total. The summed E-state index contributed by atoms with van der Waals surface area (Å²) >= 11 is 5.02. The second-order valence-electron chi connectivity index (χ2n) is 5.16. The molecule has 1 aromatic carbocycles. The zero-order chi connectivity index (χ0) is 16.0. The number of carbonyl (C=O) groups is 1. The molecule has 1 rings (SSSR count). The summed E-state index contributed by atoms with van der Waals surface area (Å²) in [6.45, 7) is 9.09. The summed E-state index contributed by atoms with van der Waals surface area (Å²) in [4.78, 5) is 14.9. The number of likely N-dealkylation sites (N-methyl/N-ethyl adjacent to an activating group) is 1. The Hall–Kier alpha value is -1.46. The summed E-state index contributed by atoms with van der Waals surface area (Å²) in [6.07, 6.45) is 1.01. The molecule has 0 aliphatic carbocycles. The monoisotopic (exact) mass is 307 g/mol. The number of para-hydroxylation sites is 1. The summed E-state index contributed by atoms with van der Waals surface area (Å²) < 4.78 is 0. The third kappa shape index (κ3) is 4.51. The van der Waals surface area contributed by atoms with Gasteiger partial charge in [-0.2, -0.15) is 0 Å². The van der Waals surface area contributed by atoms with E-state index in [9.17, 15) is 4.79 Å². The molecule has 0 aliphatic rings. The van der Waals surface area contributed by atoms with Crippen LogP contribution in [0.4, 0.5) is 5.69 Å². The molecule has 1 aromatic rings. The van der Waals surface area contributed by atoms with E-state index in [-0.39, 0.29) is 16.9 Å². The molecule has 0 aromatic heterocycles. The lowest BCUT2D eigenvalue weighted by molar-refractivity contribution is -0.121. The highest BCUT2D eigenvalue weighted by atomic mass is 32.1. The summed E-state index contributed by atoms with van der Waals surface area (Å²) in [7, 11) is 0. The maximum absolute atomic E-state index is 12.5. The van der Waals surface area contributed by atoms with E-state index in [1.165, 1.54) is 0 Å². The van der Waals surface area contributed by atoms with Crippen molar-refractivity contribution in [2.75, 3.05) is 11.9 Å². The number of hydrogen-bond acceptors (Lipinski definition) is 3. The number of thiocarbonyl (C=S) groups is 1. The quantitative estimate of drug-likeness (QED) is 0.761. The molecule has 0 saturated carbocycles. The van der Waals surface area contributed by atoms with Crippen LogP contribution in [-0.4, -0.2) is 34.4 Å². The van der Waals surface area contributed by atoms with Gasteiger partial charge in [0, 0.05) is 11.6 Å². The van der Waals surface area contributed by atoms with Crippen LogP contribution in [0.1, 0.15) is 39.7 Å². The lowest BCUT2D eigenvalue weighted by Gasteiger charge is -2.32. The molecular formula is C16H25N3OS. The van der Waals surface area contributed by atoms with Crippen LogP contribution in [-0.2, 0) is 4.79 Å². The summed E-state index contributed by atoms with van der Waals surface area (Å²) in [5.41, 5.74) is 7.05. The lowest BCUT2D eigenvalue weighted by atomic mass is 10.1. The summed E-state index contributed by atoms with van der Waals surface area (Å²) in [5, 5.41) is 2.94. The van der Waals surface area contributed by atoms with Crippen LogP contribution in [0.5, 0.6) is 0 Å². The molecule has 0 aliphatic heterocycles. The molecule has 0 radical (unpaired) electrons. The summed E-state index contributed by atoms with van der Waals surface area (Å²) in [6, 6.07) is 7.50. The van der Waals surface area contributed by atoms with Crippen molar-refractivity contribution in [1.82, 2.24) is 4.90 Å². The van der Waals surface area contributed by atoms with Gasteiger partial charge in [-0.05, 0) is 38.9 Å². The van der Waals surface area contributed by atoms with E-state index in [1.54, 1.807) is 0 Å². The molecule has 1 amide bonds. The highest BCUT2D eigenvalue weighted by Gasteiger charge is 2.24. The normalized spacial score (nSPS) is 13.8. The van der Waals surface area contributed by atoms with Crippen LogP contribution in [0.15, 0.2) is 24.3 Å². The van der Waals surface area contributed by atoms with Gasteiger partial charge in [0.1, 0.15) is 4.99 Å². The van der Waals surface area contributed by atoms with Crippen molar-refractivity contribution in [3.63, 3.8) is 0 Å². The first-order chi connectivity index (χ1) is 9.92. The minimum Gasteiger partial charge on any atom is -0.389 e. The third-order valence-corrected chi connectivity index (χ3v) is 4.07. The molecule has 5 heteroatoms. The van der Waals surface area contributed by atoms with E-state index >= 15 is 0 Å². The van der Waals surface area contributed by atoms with Gasteiger partial charge in [-0.1, -0.05) is 38.2 Å². The first-order valence-electron chi connectivity index (χ1n) is 7.37. The van der Waals surface area contributed by atoms with Crippen LogP contribution in [0.2, 0.25) is 0 Å². The average Bonchev–Trinajstić information content (AvgIpc) is 2.47. The second kappa shape index (κ2) is 8.10. The van der Waals surface area contributed by atoms with Gasteiger partial charge >= 0.3 is 0 Å². The van der Waals surface area contributed by atoms with Crippen molar-refractivity contribution in [2.24, 2.45) is 5.73 Å². The van der Waals surface area contributed by atoms with Crippen molar-refractivity contribution in [3.8, 4) is 0 Å². The Morgan fingerprint density at radius 2 is 1.95 bits per heavy atom. The number of nitrogens with zero attached hydrogens (tertiary/aromatic N) is 1. The highest BCUT2D eigenvalue weighted by molar-refractivity contribution is 7.80. The van der Waals surface area contributed by atoms with Crippen LogP contribution >= 0.6 is 12.2 Å². The van der Waals surface area contributed by atoms with E-state index in [1.807, 2.05) is 31.2 Å². The molecule has 0 spiro atoms. The Bertz CT molecular complexity index is 504. The number of rotatable bonds is 7. The zero-order valence-electron chi connectivity index (χ0n) is 13.2. The van der Waals surface area contributed by atoms with Crippen LogP contribution in [0.3, 0.4) is 0 Å². The minimum atomic E-state index is -0.204. The minimum absolute atomic E-state index is 0.0409. The number of nitrogens with one attached hydrogen (secondary N) is 1. The Balaban J connectivity index is 2.88. The SMILES string of the molecule is CCC(C)N(CC)C(C)C(=O)Nc1ccccc1C(N)=S. The van der Waals surface area contributed by atoms with Crippen molar-refractivity contribution in [3.05, 3.63) is 29.8 Å². The average molecular weight is 307 g/mol. The molecule has 2 atom stereocenters. The maximum Gasteiger partial charge on any atom is 0.241 e. The van der Waals surface area contributed by atoms with E-state index in [4.69, 9.17) is 18.0 Å². The first-order valence-corrected chi connectivity index (χ1v) is 7.78. The Kier molecular flexibility index (Phi) is 6.78. The van der Waals surface area contributed by atoms with Gasteiger partial charge in [-0.3, -0.25) is 9.69 Å². The fraction of sp³-hybridized carbons (Fsp3) is 0.500. The molecule has 116 valence electrons. The van der Waals surface area contributed by atoms with Crippen molar-refractivity contribution >= 4 is 28.8 Å². The predicted octanol–water partition coefficient (Wildman–Crippen LogP) is 2.77. The molecule has 2 unspecified atom stereocenters. The molecule has 4 nitrogen and oxygen atoms in total.